The molecule has 1 N–H and O–H groups in total. The average Bonchev–Trinajstić information content (AvgIpc) is 2.78. The van der Waals surface area contributed by atoms with Crippen LogP contribution >= 0.6 is 0 Å². The van der Waals surface area contributed by atoms with Gasteiger partial charge in [-0.2, -0.15) is 5.26 Å². The number of rotatable bonds is 3. The van der Waals surface area contributed by atoms with Crippen molar-refractivity contribution in [2.75, 3.05) is 23.4 Å². The first-order valence-corrected chi connectivity index (χ1v) is 8.23. The van der Waals surface area contributed by atoms with E-state index in [0.717, 1.165) is 4.57 Å². The van der Waals surface area contributed by atoms with Gasteiger partial charge in [0.1, 0.15) is 11.9 Å². The number of hydrogen-bond donors (Lipinski definition) is 1. The van der Waals surface area contributed by atoms with Crippen LogP contribution in [0.3, 0.4) is 0 Å². The quantitative estimate of drug-likeness (QED) is 0.750. The van der Waals surface area contributed by atoms with E-state index in [1.807, 2.05) is 0 Å². The van der Waals surface area contributed by atoms with Crippen molar-refractivity contribution in [2.45, 2.75) is 6.42 Å². The highest BCUT2D eigenvalue weighted by Crippen LogP contribution is 2.19. The van der Waals surface area contributed by atoms with Gasteiger partial charge in [0.05, 0.1) is 11.5 Å². The molecule has 8 nitrogen and oxygen atoms in total. The average molecular weight is 312 g/mol. The zero-order valence-corrected chi connectivity index (χ0v) is 12.6. The molecular weight excluding hydrogens is 296 g/mol. The Morgan fingerprint density at radius 2 is 2.00 bits per heavy atom. The third-order valence-electron chi connectivity index (χ3n) is 3.66. The lowest BCUT2D eigenvalue weighted by Crippen LogP contribution is -2.40. The van der Waals surface area contributed by atoms with E-state index in [-0.39, 0.29) is 28.8 Å². The summed E-state index contributed by atoms with van der Waals surface area (Å²) in [7, 11) is -0.229. The van der Waals surface area contributed by atoms with Gasteiger partial charge in [0.2, 0.25) is 0 Å². The van der Waals surface area contributed by atoms with Crippen LogP contribution in [0.15, 0.2) is 9.59 Å². The number of nitrogens with one attached hydrogen (secondary N) is 1. The number of nitrogens with zero attached hydrogens (tertiary/aromatic N) is 3. The van der Waals surface area contributed by atoms with E-state index >= 15 is 0 Å². The minimum atomic E-state index is -2.99. The molecule has 1 aromatic heterocycles. The van der Waals surface area contributed by atoms with Gasteiger partial charge in [-0.3, -0.25) is 13.9 Å². The van der Waals surface area contributed by atoms with Crippen LogP contribution in [0.25, 0.3) is 0 Å². The third kappa shape index (κ3) is 2.85. The molecular formula is C12H16N4O4S. The van der Waals surface area contributed by atoms with Gasteiger partial charge in [0.25, 0.3) is 5.56 Å². The Labute approximate surface area is 121 Å². The minimum Gasteiger partial charge on any atom is -0.370 e. The fourth-order valence-corrected chi connectivity index (χ4v) is 4.29. The monoisotopic (exact) mass is 312 g/mol. The molecule has 0 spiro atoms. The van der Waals surface area contributed by atoms with Crippen molar-refractivity contribution in [3.63, 3.8) is 0 Å². The molecule has 1 unspecified atom stereocenters. The summed E-state index contributed by atoms with van der Waals surface area (Å²) in [6, 6.07) is 1.79. The number of nitriles is 1. The minimum absolute atomic E-state index is 0.0827. The molecule has 0 radical (unpaired) electrons. The van der Waals surface area contributed by atoms with Gasteiger partial charge in [-0.25, -0.2) is 13.2 Å². The Morgan fingerprint density at radius 3 is 2.52 bits per heavy atom. The second-order valence-electron chi connectivity index (χ2n) is 5.19. The summed E-state index contributed by atoms with van der Waals surface area (Å²) in [5.74, 6) is 0.288. The maximum Gasteiger partial charge on any atom is 0.332 e. The van der Waals surface area contributed by atoms with Crippen molar-refractivity contribution in [3.8, 4) is 6.07 Å². The van der Waals surface area contributed by atoms with E-state index in [0.29, 0.717) is 13.0 Å². The fourth-order valence-electron chi connectivity index (χ4n) is 2.43. The Bertz CT molecular complexity index is 829. The first kappa shape index (κ1) is 15.3. The van der Waals surface area contributed by atoms with Crippen LogP contribution in [0.1, 0.15) is 12.0 Å². The molecule has 1 atom stereocenters. The van der Waals surface area contributed by atoms with Crippen LogP contribution in [0.2, 0.25) is 0 Å². The highest BCUT2D eigenvalue weighted by Gasteiger charge is 2.28. The summed E-state index contributed by atoms with van der Waals surface area (Å²) < 4.78 is 24.9. The van der Waals surface area contributed by atoms with E-state index in [9.17, 15) is 18.0 Å². The van der Waals surface area contributed by atoms with Gasteiger partial charge < -0.3 is 5.32 Å². The van der Waals surface area contributed by atoms with Gasteiger partial charge in [-0.15, -0.1) is 0 Å². The highest BCUT2D eigenvalue weighted by molar-refractivity contribution is 7.91. The predicted molar refractivity (Wildman–Crippen MR) is 76.9 cm³/mol. The van der Waals surface area contributed by atoms with Crippen LogP contribution < -0.4 is 16.6 Å². The van der Waals surface area contributed by atoms with Crippen molar-refractivity contribution >= 4 is 15.7 Å². The summed E-state index contributed by atoms with van der Waals surface area (Å²) in [6.45, 7) is 0.300. The van der Waals surface area contributed by atoms with Crippen molar-refractivity contribution in [1.82, 2.24) is 9.13 Å². The SMILES string of the molecule is Cn1c(NCC2CCS(=O)(=O)C2)c(C#N)c(=O)n(C)c1=O. The summed E-state index contributed by atoms with van der Waals surface area (Å²) in [5.41, 5.74) is -1.36. The molecule has 1 saturated heterocycles. The van der Waals surface area contributed by atoms with Crippen LogP contribution in [0, 0.1) is 17.2 Å². The largest absolute Gasteiger partial charge is 0.370 e. The van der Waals surface area contributed by atoms with Crippen molar-refractivity contribution < 1.29 is 8.42 Å². The van der Waals surface area contributed by atoms with E-state index in [1.54, 1.807) is 6.07 Å². The van der Waals surface area contributed by atoms with E-state index in [1.165, 1.54) is 18.7 Å². The summed E-state index contributed by atoms with van der Waals surface area (Å²) in [5, 5.41) is 12.0. The molecule has 0 amide bonds. The molecule has 1 fully saturated rings. The molecule has 9 heteroatoms. The molecule has 1 aliphatic rings. The lowest BCUT2D eigenvalue weighted by Gasteiger charge is -2.15. The van der Waals surface area contributed by atoms with Gasteiger partial charge in [-0.1, -0.05) is 0 Å². The lowest BCUT2D eigenvalue weighted by molar-refractivity contribution is 0.594. The standard InChI is InChI=1S/C12H16N4O4S/c1-15-10(9(5-13)11(17)16(2)12(15)18)14-6-8-3-4-21(19,20)7-8/h8,14H,3-4,6-7H2,1-2H3. The van der Waals surface area contributed by atoms with Crippen LogP contribution in [0.4, 0.5) is 5.82 Å². The van der Waals surface area contributed by atoms with Crippen LogP contribution in [-0.2, 0) is 23.9 Å². The Kier molecular flexibility index (Phi) is 3.91. The number of aromatic nitrogens is 2. The van der Waals surface area contributed by atoms with E-state index in [2.05, 4.69) is 5.32 Å². The normalized spacial score (nSPS) is 20.1. The maximum absolute atomic E-state index is 11.9. The molecule has 0 aromatic carbocycles. The molecule has 0 saturated carbocycles. The molecule has 1 aromatic rings. The molecule has 21 heavy (non-hydrogen) atoms. The van der Waals surface area contributed by atoms with Crippen molar-refractivity contribution in [2.24, 2.45) is 20.0 Å². The number of anilines is 1. The molecule has 0 bridgehead atoms. The maximum atomic E-state index is 11.9. The van der Waals surface area contributed by atoms with Crippen molar-refractivity contribution in [3.05, 3.63) is 26.4 Å². The Balaban J connectivity index is 2.31. The summed E-state index contributed by atoms with van der Waals surface area (Å²) >= 11 is 0. The predicted octanol–water partition coefficient (Wildman–Crippen LogP) is -1.20. The summed E-state index contributed by atoms with van der Waals surface area (Å²) in [6.07, 6.45) is 0.538. The van der Waals surface area contributed by atoms with Gasteiger partial charge >= 0.3 is 5.69 Å². The second kappa shape index (κ2) is 5.37. The zero-order chi connectivity index (χ0) is 15.8. The second-order valence-corrected chi connectivity index (χ2v) is 7.42. The van der Waals surface area contributed by atoms with E-state index in [4.69, 9.17) is 5.26 Å². The third-order valence-corrected chi connectivity index (χ3v) is 5.50. The van der Waals surface area contributed by atoms with Gasteiger partial charge in [0, 0.05) is 20.6 Å². The molecule has 114 valence electrons. The zero-order valence-electron chi connectivity index (χ0n) is 11.8. The van der Waals surface area contributed by atoms with Crippen molar-refractivity contribution in [1.29, 1.82) is 5.26 Å². The smallest absolute Gasteiger partial charge is 0.332 e. The first-order chi connectivity index (χ1) is 9.76. The van der Waals surface area contributed by atoms with Gasteiger partial charge in [0.15, 0.2) is 15.4 Å². The molecule has 0 aliphatic carbocycles. The Morgan fingerprint density at radius 1 is 1.33 bits per heavy atom. The topological polar surface area (TPSA) is 114 Å². The summed E-state index contributed by atoms with van der Waals surface area (Å²) in [4.78, 5) is 23.7. The molecule has 2 rings (SSSR count). The Hall–Kier alpha value is -2.08. The first-order valence-electron chi connectivity index (χ1n) is 6.41. The molecule has 2 heterocycles. The number of sulfone groups is 1. The highest BCUT2D eigenvalue weighted by atomic mass is 32.2. The van der Waals surface area contributed by atoms with Gasteiger partial charge in [-0.05, 0) is 12.3 Å². The fraction of sp³-hybridized carbons (Fsp3) is 0.583. The van der Waals surface area contributed by atoms with Crippen LogP contribution in [-0.4, -0.2) is 35.6 Å². The molecule has 1 aliphatic heterocycles. The van der Waals surface area contributed by atoms with E-state index < -0.39 is 21.1 Å². The lowest BCUT2D eigenvalue weighted by atomic mass is 10.1. The van der Waals surface area contributed by atoms with Crippen LogP contribution in [0.5, 0.6) is 0 Å². The number of hydrogen-bond acceptors (Lipinski definition) is 6.